The minimum absolute atomic E-state index is 0.0957. The minimum atomic E-state index is -0.710. The Balaban J connectivity index is 1.85. The maximum absolute atomic E-state index is 13.9. The SMILES string of the molecule is NC(=O)c1ccc(CN2CC[C@@H]2c2ccccc2F)c([N+](=O)[O-])c1. The summed E-state index contributed by atoms with van der Waals surface area (Å²) in [7, 11) is 0. The summed E-state index contributed by atoms with van der Waals surface area (Å²) in [4.78, 5) is 23.9. The molecule has 0 saturated carbocycles. The Morgan fingerprint density at radius 2 is 2.08 bits per heavy atom. The van der Waals surface area contributed by atoms with Crippen LogP contribution >= 0.6 is 0 Å². The van der Waals surface area contributed by atoms with Gasteiger partial charge in [-0.15, -0.1) is 0 Å². The zero-order valence-corrected chi connectivity index (χ0v) is 12.8. The largest absolute Gasteiger partial charge is 0.366 e. The first-order valence-corrected chi connectivity index (χ1v) is 7.53. The molecule has 3 rings (SSSR count). The molecule has 7 heteroatoms. The number of carbonyl (C=O) groups excluding carboxylic acids is 1. The third-order valence-electron chi connectivity index (χ3n) is 4.33. The van der Waals surface area contributed by atoms with Crippen molar-refractivity contribution < 1.29 is 14.1 Å². The molecule has 1 saturated heterocycles. The van der Waals surface area contributed by atoms with E-state index in [1.165, 1.54) is 24.3 Å². The molecule has 24 heavy (non-hydrogen) atoms. The Bertz CT molecular complexity index is 809. The number of nitro benzene ring substituents is 1. The molecule has 124 valence electrons. The molecule has 2 aromatic rings. The highest BCUT2D eigenvalue weighted by Gasteiger charge is 2.32. The number of likely N-dealkylation sites (tertiary alicyclic amines) is 1. The van der Waals surface area contributed by atoms with Gasteiger partial charge in [0.05, 0.1) is 4.92 Å². The Kier molecular flexibility index (Phi) is 4.26. The zero-order chi connectivity index (χ0) is 17.3. The minimum Gasteiger partial charge on any atom is -0.366 e. The second-order valence-electron chi connectivity index (χ2n) is 5.76. The number of hydrogen-bond acceptors (Lipinski definition) is 4. The van der Waals surface area contributed by atoms with E-state index in [0.717, 1.165) is 13.0 Å². The molecule has 1 atom stereocenters. The van der Waals surface area contributed by atoms with Crippen molar-refractivity contribution in [3.05, 3.63) is 75.1 Å². The van der Waals surface area contributed by atoms with Crippen LogP contribution in [0.5, 0.6) is 0 Å². The Morgan fingerprint density at radius 1 is 1.33 bits per heavy atom. The summed E-state index contributed by atoms with van der Waals surface area (Å²) in [6, 6.07) is 10.7. The van der Waals surface area contributed by atoms with Gasteiger partial charge in [0.2, 0.25) is 5.91 Å². The van der Waals surface area contributed by atoms with Gasteiger partial charge < -0.3 is 5.73 Å². The van der Waals surface area contributed by atoms with Crippen molar-refractivity contribution in [2.45, 2.75) is 19.0 Å². The van der Waals surface area contributed by atoms with Crippen LogP contribution < -0.4 is 5.73 Å². The van der Waals surface area contributed by atoms with E-state index in [-0.39, 0.29) is 23.1 Å². The lowest BCUT2D eigenvalue weighted by Gasteiger charge is -2.41. The van der Waals surface area contributed by atoms with Crippen LogP contribution in [0.15, 0.2) is 42.5 Å². The van der Waals surface area contributed by atoms with E-state index in [1.54, 1.807) is 18.2 Å². The van der Waals surface area contributed by atoms with Gasteiger partial charge in [-0.1, -0.05) is 24.3 Å². The summed E-state index contributed by atoms with van der Waals surface area (Å²) >= 11 is 0. The molecule has 1 fully saturated rings. The Labute approximate surface area is 137 Å². The third-order valence-corrected chi connectivity index (χ3v) is 4.33. The average molecular weight is 329 g/mol. The molecule has 0 spiro atoms. The number of halogens is 1. The topological polar surface area (TPSA) is 89.5 Å². The summed E-state index contributed by atoms with van der Waals surface area (Å²) in [5.74, 6) is -0.983. The molecular formula is C17H16FN3O3. The van der Waals surface area contributed by atoms with Crippen LogP contribution in [0, 0.1) is 15.9 Å². The second-order valence-corrected chi connectivity index (χ2v) is 5.76. The second kappa shape index (κ2) is 6.37. The van der Waals surface area contributed by atoms with E-state index in [9.17, 15) is 19.3 Å². The lowest BCUT2D eigenvalue weighted by Crippen LogP contribution is -2.40. The molecule has 1 amide bonds. The summed E-state index contributed by atoms with van der Waals surface area (Å²) in [5, 5.41) is 11.3. The fourth-order valence-electron chi connectivity index (χ4n) is 2.97. The van der Waals surface area contributed by atoms with Gasteiger partial charge in [0.15, 0.2) is 0 Å². The fraction of sp³-hybridized carbons (Fsp3) is 0.235. The van der Waals surface area contributed by atoms with E-state index in [1.807, 2.05) is 4.90 Å². The van der Waals surface area contributed by atoms with Crippen LogP contribution in [0.25, 0.3) is 0 Å². The van der Waals surface area contributed by atoms with Gasteiger partial charge in [0.25, 0.3) is 5.69 Å². The summed E-state index contributed by atoms with van der Waals surface area (Å²) in [6.07, 6.45) is 0.800. The van der Waals surface area contributed by atoms with Crippen LogP contribution in [-0.2, 0) is 6.54 Å². The molecule has 6 nitrogen and oxygen atoms in total. The number of nitrogens with zero attached hydrogens (tertiary/aromatic N) is 2. The van der Waals surface area contributed by atoms with Crippen LogP contribution in [0.4, 0.5) is 10.1 Å². The van der Waals surface area contributed by atoms with Gasteiger partial charge in [-0.2, -0.15) is 0 Å². The van der Waals surface area contributed by atoms with Crippen molar-refractivity contribution >= 4 is 11.6 Å². The smallest absolute Gasteiger partial charge is 0.274 e. The van der Waals surface area contributed by atoms with Gasteiger partial charge >= 0.3 is 0 Å². The molecule has 2 aromatic carbocycles. The quantitative estimate of drug-likeness (QED) is 0.674. The predicted octanol–water partition coefficient (Wildman–Crippen LogP) is 2.78. The fourth-order valence-corrected chi connectivity index (χ4v) is 2.97. The molecule has 0 aliphatic carbocycles. The summed E-state index contributed by atoms with van der Waals surface area (Å²) in [6.45, 7) is 1.04. The summed E-state index contributed by atoms with van der Waals surface area (Å²) < 4.78 is 13.9. The normalized spacial score (nSPS) is 17.3. The Morgan fingerprint density at radius 3 is 2.67 bits per heavy atom. The third kappa shape index (κ3) is 2.98. The average Bonchev–Trinajstić information content (AvgIpc) is 2.53. The first-order chi connectivity index (χ1) is 11.5. The van der Waals surface area contributed by atoms with Gasteiger partial charge in [-0.05, 0) is 18.6 Å². The number of nitrogens with two attached hydrogens (primary N) is 1. The van der Waals surface area contributed by atoms with E-state index in [2.05, 4.69) is 0 Å². The molecule has 2 N–H and O–H groups in total. The van der Waals surface area contributed by atoms with Crippen molar-refractivity contribution in [1.29, 1.82) is 0 Å². The summed E-state index contributed by atoms with van der Waals surface area (Å²) in [5.41, 5.74) is 6.20. The standard InChI is InChI=1S/C17H16FN3O3/c18-14-4-2-1-3-13(14)15-7-8-20(15)10-12-6-5-11(17(19)22)9-16(12)21(23)24/h1-6,9,15H,7-8,10H2,(H2,19,22)/t15-/m1/s1. The number of amides is 1. The molecule has 0 radical (unpaired) electrons. The van der Waals surface area contributed by atoms with Crippen LogP contribution in [0.1, 0.15) is 33.9 Å². The lowest BCUT2D eigenvalue weighted by molar-refractivity contribution is -0.385. The first-order valence-electron chi connectivity index (χ1n) is 7.53. The number of benzene rings is 2. The molecule has 0 aromatic heterocycles. The number of hydrogen-bond donors (Lipinski definition) is 1. The molecule has 1 aliphatic rings. The van der Waals surface area contributed by atoms with E-state index in [0.29, 0.717) is 17.7 Å². The maximum atomic E-state index is 13.9. The van der Waals surface area contributed by atoms with Gasteiger partial charge in [0.1, 0.15) is 5.82 Å². The highest BCUT2D eigenvalue weighted by Crippen LogP contribution is 2.37. The van der Waals surface area contributed by atoms with E-state index < -0.39 is 10.8 Å². The maximum Gasteiger partial charge on any atom is 0.274 e. The number of carbonyl (C=O) groups is 1. The van der Waals surface area contributed by atoms with Crippen molar-refractivity contribution in [2.75, 3.05) is 6.54 Å². The first kappa shape index (κ1) is 16.1. The van der Waals surface area contributed by atoms with Crippen molar-refractivity contribution in [3.8, 4) is 0 Å². The molecule has 0 bridgehead atoms. The predicted molar refractivity (Wildman–Crippen MR) is 85.8 cm³/mol. The molecule has 0 unspecified atom stereocenters. The van der Waals surface area contributed by atoms with Crippen LogP contribution in [-0.4, -0.2) is 22.3 Å². The van der Waals surface area contributed by atoms with Crippen molar-refractivity contribution in [2.24, 2.45) is 5.73 Å². The highest BCUT2D eigenvalue weighted by atomic mass is 19.1. The Hall–Kier alpha value is -2.80. The van der Waals surface area contributed by atoms with Gasteiger partial charge in [-0.3, -0.25) is 19.8 Å². The molecular weight excluding hydrogens is 313 g/mol. The van der Waals surface area contributed by atoms with Crippen LogP contribution in [0.3, 0.4) is 0 Å². The lowest BCUT2D eigenvalue weighted by atomic mass is 9.93. The number of rotatable bonds is 5. The van der Waals surface area contributed by atoms with Crippen molar-refractivity contribution in [1.82, 2.24) is 4.90 Å². The van der Waals surface area contributed by atoms with Crippen LogP contribution in [0.2, 0.25) is 0 Å². The van der Waals surface area contributed by atoms with Crippen molar-refractivity contribution in [3.63, 3.8) is 0 Å². The molecule has 1 aliphatic heterocycles. The van der Waals surface area contributed by atoms with E-state index >= 15 is 0 Å². The zero-order valence-electron chi connectivity index (χ0n) is 12.8. The van der Waals surface area contributed by atoms with E-state index in [4.69, 9.17) is 5.73 Å². The van der Waals surface area contributed by atoms with Gasteiger partial charge in [0, 0.05) is 41.9 Å². The monoisotopic (exact) mass is 329 g/mol. The number of primary amides is 1. The molecule has 1 heterocycles. The number of nitro groups is 1. The highest BCUT2D eigenvalue weighted by molar-refractivity contribution is 5.93. The van der Waals surface area contributed by atoms with Gasteiger partial charge in [-0.25, -0.2) is 4.39 Å².